The van der Waals surface area contributed by atoms with Crippen LogP contribution in [0.1, 0.15) is 32.0 Å². The van der Waals surface area contributed by atoms with Crippen molar-refractivity contribution in [2.75, 3.05) is 32.7 Å². The number of likely N-dealkylation sites (tertiary alicyclic amines) is 1. The van der Waals surface area contributed by atoms with Crippen LogP contribution in [0, 0.1) is 11.3 Å². The number of likely N-dealkylation sites (N-methyl/N-ethyl adjacent to an activating group) is 1. The van der Waals surface area contributed by atoms with E-state index >= 15 is 0 Å². The molecule has 24 heavy (non-hydrogen) atoms. The zero-order valence-corrected chi connectivity index (χ0v) is 14.5. The van der Waals surface area contributed by atoms with Gasteiger partial charge in [0.05, 0.1) is 24.6 Å². The van der Waals surface area contributed by atoms with E-state index in [0.29, 0.717) is 38.9 Å². The number of rotatable bonds is 7. The third-order valence-corrected chi connectivity index (χ3v) is 4.51. The van der Waals surface area contributed by atoms with Crippen molar-refractivity contribution in [3.05, 3.63) is 12.2 Å². The second kappa shape index (κ2) is 8.22. The number of aliphatic hydroxyl groups is 1. The first kappa shape index (κ1) is 18.4. The maximum Gasteiger partial charge on any atom is 0.236 e. The van der Waals surface area contributed by atoms with Crippen molar-refractivity contribution in [2.24, 2.45) is 7.05 Å². The summed E-state index contributed by atoms with van der Waals surface area (Å²) in [5.41, 5.74) is -0.886. The van der Waals surface area contributed by atoms with Crippen LogP contribution >= 0.6 is 0 Å². The minimum Gasteiger partial charge on any atom is -0.388 e. The zero-order valence-electron chi connectivity index (χ0n) is 14.5. The Hall–Kier alpha value is -1.98. The van der Waals surface area contributed by atoms with Crippen LogP contribution in [0.4, 0.5) is 0 Å². The van der Waals surface area contributed by atoms with Crippen molar-refractivity contribution in [3.63, 3.8) is 0 Å². The van der Waals surface area contributed by atoms with Gasteiger partial charge in [0.25, 0.3) is 0 Å². The van der Waals surface area contributed by atoms with Gasteiger partial charge in [-0.15, -0.1) is 10.2 Å². The number of β-amino-alcohol motifs (C(OH)–C–C–N with tert-alkyl or cyclic N) is 1. The first-order chi connectivity index (χ1) is 11.5. The molecule has 132 valence electrons. The Morgan fingerprint density at radius 1 is 1.58 bits per heavy atom. The molecule has 1 unspecified atom stereocenters. The molecule has 0 spiro atoms. The van der Waals surface area contributed by atoms with Gasteiger partial charge < -0.3 is 14.6 Å². The molecule has 1 amide bonds. The summed E-state index contributed by atoms with van der Waals surface area (Å²) in [6, 6.07) is 2.07. The van der Waals surface area contributed by atoms with E-state index in [9.17, 15) is 9.90 Å². The summed E-state index contributed by atoms with van der Waals surface area (Å²) in [7, 11) is 1.86. The lowest BCUT2D eigenvalue weighted by molar-refractivity contribution is -0.134. The maximum absolute atomic E-state index is 12.4. The number of hydrogen-bond acceptors (Lipinski definition) is 6. The first-order valence-corrected chi connectivity index (χ1v) is 8.40. The Balaban J connectivity index is 1.93. The molecular formula is C16H26N6O2. The highest BCUT2D eigenvalue weighted by molar-refractivity contribution is 5.78. The van der Waals surface area contributed by atoms with E-state index < -0.39 is 5.60 Å². The predicted octanol–water partition coefficient (Wildman–Crippen LogP) is -0.0533. The van der Waals surface area contributed by atoms with Crippen LogP contribution in [0.5, 0.6) is 0 Å². The Labute approximate surface area is 142 Å². The molecule has 1 aromatic heterocycles. The number of nitrogens with zero attached hydrogens (tertiary/aromatic N) is 6. The average Bonchev–Trinajstić information content (AvgIpc) is 2.92. The Kier molecular flexibility index (Phi) is 6.29. The van der Waals surface area contributed by atoms with Crippen LogP contribution < -0.4 is 0 Å². The van der Waals surface area contributed by atoms with Gasteiger partial charge in [-0.3, -0.25) is 9.69 Å². The van der Waals surface area contributed by atoms with E-state index in [1.165, 1.54) is 0 Å². The molecule has 1 saturated heterocycles. The molecule has 0 saturated carbocycles. The molecule has 0 bridgehead atoms. The third-order valence-electron chi connectivity index (χ3n) is 4.51. The molecule has 8 nitrogen and oxygen atoms in total. The van der Waals surface area contributed by atoms with E-state index in [2.05, 4.69) is 16.3 Å². The van der Waals surface area contributed by atoms with Gasteiger partial charge in [-0.1, -0.05) is 0 Å². The smallest absolute Gasteiger partial charge is 0.236 e. The summed E-state index contributed by atoms with van der Waals surface area (Å²) >= 11 is 0. The van der Waals surface area contributed by atoms with Crippen molar-refractivity contribution in [1.29, 1.82) is 5.26 Å². The molecule has 0 radical (unpaired) electrons. The molecule has 1 aliphatic rings. The molecular weight excluding hydrogens is 308 g/mol. The molecule has 8 heteroatoms. The quantitative estimate of drug-likeness (QED) is 0.750. The summed E-state index contributed by atoms with van der Waals surface area (Å²) in [5, 5.41) is 27.5. The second-order valence-corrected chi connectivity index (χ2v) is 6.45. The van der Waals surface area contributed by atoms with Gasteiger partial charge >= 0.3 is 0 Å². The normalized spacial score (nSPS) is 21.4. The van der Waals surface area contributed by atoms with Crippen LogP contribution in [-0.4, -0.2) is 73.9 Å². The summed E-state index contributed by atoms with van der Waals surface area (Å²) in [6.07, 6.45) is 3.93. The van der Waals surface area contributed by atoms with Gasteiger partial charge in [-0.05, 0) is 26.3 Å². The minimum atomic E-state index is -0.886. The van der Waals surface area contributed by atoms with Crippen molar-refractivity contribution < 1.29 is 9.90 Å². The van der Waals surface area contributed by atoms with Crippen LogP contribution in [0.25, 0.3) is 0 Å². The average molecular weight is 334 g/mol. The molecule has 1 fully saturated rings. The van der Waals surface area contributed by atoms with Crippen molar-refractivity contribution in [3.8, 4) is 6.07 Å². The van der Waals surface area contributed by atoms with Crippen LogP contribution in [0.2, 0.25) is 0 Å². The van der Waals surface area contributed by atoms with Crippen LogP contribution in [0.3, 0.4) is 0 Å². The van der Waals surface area contributed by atoms with Crippen molar-refractivity contribution in [2.45, 2.75) is 38.2 Å². The number of carbonyl (C=O) groups is 1. The number of carbonyl (C=O) groups excluding carboxylic acids is 1. The third kappa shape index (κ3) is 4.76. The number of nitriles is 1. The second-order valence-electron chi connectivity index (χ2n) is 6.45. The number of hydrogen-bond donors (Lipinski definition) is 1. The molecule has 2 rings (SSSR count). The highest BCUT2D eigenvalue weighted by Gasteiger charge is 2.35. The van der Waals surface area contributed by atoms with E-state index in [4.69, 9.17) is 5.26 Å². The Bertz CT molecular complexity index is 596. The van der Waals surface area contributed by atoms with Crippen LogP contribution in [0.15, 0.2) is 6.33 Å². The summed E-state index contributed by atoms with van der Waals surface area (Å²) in [6.45, 7) is 4.49. The SMILES string of the molecule is CCN(CCC#N)C(=O)CN1CCCC(O)(Cc2nncn2C)C1. The highest BCUT2D eigenvalue weighted by Crippen LogP contribution is 2.24. The lowest BCUT2D eigenvalue weighted by Gasteiger charge is -2.39. The van der Waals surface area contributed by atoms with E-state index in [-0.39, 0.29) is 12.5 Å². The van der Waals surface area contributed by atoms with Gasteiger partial charge in [0.15, 0.2) is 0 Å². The lowest BCUT2D eigenvalue weighted by Crippen LogP contribution is -2.52. The fraction of sp³-hybridized carbons (Fsp3) is 0.750. The molecule has 0 aliphatic carbocycles. The number of piperidine rings is 1. The maximum atomic E-state index is 12.4. The summed E-state index contributed by atoms with van der Waals surface area (Å²) in [5.74, 6) is 0.755. The van der Waals surface area contributed by atoms with Gasteiger partial charge in [0, 0.05) is 33.1 Å². The van der Waals surface area contributed by atoms with E-state index in [0.717, 1.165) is 18.8 Å². The van der Waals surface area contributed by atoms with Crippen molar-refractivity contribution >= 4 is 5.91 Å². The van der Waals surface area contributed by atoms with Gasteiger partial charge in [0.1, 0.15) is 12.2 Å². The number of aryl methyl sites for hydroxylation is 1. The molecule has 1 atom stereocenters. The molecule has 1 N–H and O–H groups in total. The molecule has 1 aliphatic heterocycles. The fourth-order valence-corrected chi connectivity index (χ4v) is 3.18. The largest absolute Gasteiger partial charge is 0.388 e. The minimum absolute atomic E-state index is 0.00987. The fourth-order valence-electron chi connectivity index (χ4n) is 3.18. The van der Waals surface area contributed by atoms with E-state index in [1.807, 2.05) is 23.4 Å². The zero-order chi connectivity index (χ0) is 17.6. The van der Waals surface area contributed by atoms with Crippen molar-refractivity contribution in [1.82, 2.24) is 24.6 Å². The topological polar surface area (TPSA) is 98.3 Å². The summed E-state index contributed by atoms with van der Waals surface area (Å²) < 4.78 is 1.81. The first-order valence-electron chi connectivity index (χ1n) is 8.40. The van der Waals surface area contributed by atoms with Crippen LogP contribution in [-0.2, 0) is 18.3 Å². The van der Waals surface area contributed by atoms with Gasteiger partial charge in [0.2, 0.25) is 5.91 Å². The number of aromatic nitrogens is 3. The standard InChI is InChI=1S/C16H26N6O2/c1-3-22(9-5-7-17)15(23)11-21-8-4-6-16(24,12-21)10-14-19-18-13-20(14)2/h13,24H,3-6,8-12H2,1-2H3. The highest BCUT2D eigenvalue weighted by atomic mass is 16.3. The molecule has 1 aromatic rings. The molecule has 0 aromatic carbocycles. The monoisotopic (exact) mass is 334 g/mol. The summed E-state index contributed by atoms with van der Waals surface area (Å²) in [4.78, 5) is 16.1. The van der Waals surface area contributed by atoms with E-state index in [1.54, 1.807) is 11.2 Å². The molecule has 2 heterocycles. The Morgan fingerprint density at radius 2 is 2.38 bits per heavy atom. The van der Waals surface area contributed by atoms with Gasteiger partial charge in [-0.25, -0.2) is 0 Å². The predicted molar refractivity (Wildman–Crippen MR) is 87.8 cm³/mol. The lowest BCUT2D eigenvalue weighted by atomic mass is 9.89. The van der Waals surface area contributed by atoms with Gasteiger partial charge in [-0.2, -0.15) is 5.26 Å². The Morgan fingerprint density at radius 3 is 3.00 bits per heavy atom. The number of amides is 1.